The van der Waals surface area contributed by atoms with Crippen LogP contribution in [0.2, 0.25) is 0 Å². The molecular weight excluding hydrogens is 302 g/mol. The van der Waals surface area contributed by atoms with Gasteiger partial charge in [0.25, 0.3) is 0 Å². The molecule has 1 aromatic carbocycles. The lowest BCUT2D eigenvalue weighted by molar-refractivity contribution is 0.264. The predicted molar refractivity (Wildman–Crippen MR) is 110 cm³/mol. The third kappa shape index (κ3) is 4.44. The summed E-state index contributed by atoms with van der Waals surface area (Å²) in [5, 5.41) is 0. The Morgan fingerprint density at radius 1 is 1.28 bits per heavy atom. The van der Waals surface area contributed by atoms with Crippen molar-refractivity contribution in [3.8, 4) is 0 Å². The molecule has 25 heavy (non-hydrogen) atoms. The van der Waals surface area contributed by atoms with Crippen molar-refractivity contribution in [1.82, 2.24) is 4.90 Å². The summed E-state index contributed by atoms with van der Waals surface area (Å²) < 4.78 is 0. The molecular formula is C24H35N. The van der Waals surface area contributed by atoms with Gasteiger partial charge >= 0.3 is 0 Å². The number of rotatable bonds is 4. The van der Waals surface area contributed by atoms with E-state index in [4.69, 9.17) is 0 Å². The maximum atomic E-state index is 4.36. The number of hydrogen-bond acceptors (Lipinski definition) is 1. The van der Waals surface area contributed by atoms with Crippen LogP contribution in [0.1, 0.15) is 75.5 Å². The Hall–Kier alpha value is -1.34. The summed E-state index contributed by atoms with van der Waals surface area (Å²) in [4.78, 5) is 2.57. The summed E-state index contributed by atoms with van der Waals surface area (Å²) >= 11 is 0. The number of benzene rings is 1. The quantitative estimate of drug-likeness (QED) is 0.579. The summed E-state index contributed by atoms with van der Waals surface area (Å²) in [5.74, 6) is 0.626. The van der Waals surface area contributed by atoms with E-state index < -0.39 is 0 Å². The maximum Gasteiger partial charge on any atom is 0.0169 e. The smallest absolute Gasteiger partial charge is 0.0169 e. The average molecular weight is 338 g/mol. The molecule has 1 atom stereocenters. The number of allylic oxidation sites excluding steroid dienone is 1. The van der Waals surface area contributed by atoms with Crippen molar-refractivity contribution in [2.75, 3.05) is 19.6 Å². The number of aryl methyl sites for hydroxylation is 1. The zero-order valence-electron chi connectivity index (χ0n) is 16.7. The van der Waals surface area contributed by atoms with Crippen LogP contribution in [0, 0.1) is 12.3 Å². The lowest BCUT2D eigenvalue weighted by atomic mass is 9.67. The van der Waals surface area contributed by atoms with Gasteiger partial charge in [-0.25, -0.2) is 0 Å². The van der Waals surface area contributed by atoms with Crippen LogP contribution in [0.4, 0.5) is 0 Å². The van der Waals surface area contributed by atoms with Gasteiger partial charge in [-0.05, 0) is 73.6 Å². The Morgan fingerprint density at radius 3 is 2.72 bits per heavy atom. The van der Waals surface area contributed by atoms with E-state index in [-0.39, 0.29) is 0 Å². The van der Waals surface area contributed by atoms with Gasteiger partial charge in [0, 0.05) is 13.1 Å². The molecule has 1 fully saturated rings. The minimum absolute atomic E-state index is 0.375. The number of hydrogen-bond donors (Lipinski definition) is 0. The van der Waals surface area contributed by atoms with Crippen molar-refractivity contribution in [2.24, 2.45) is 5.41 Å². The van der Waals surface area contributed by atoms with Crippen molar-refractivity contribution in [3.05, 3.63) is 53.1 Å². The summed E-state index contributed by atoms with van der Waals surface area (Å²) in [5.41, 5.74) is 7.84. The maximum absolute atomic E-state index is 4.36. The first kappa shape index (κ1) is 18.5. The molecule has 0 radical (unpaired) electrons. The van der Waals surface area contributed by atoms with Crippen LogP contribution in [0.3, 0.4) is 0 Å². The molecule has 0 N–H and O–H groups in total. The van der Waals surface area contributed by atoms with Crippen molar-refractivity contribution in [3.63, 3.8) is 0 Å². The highest BCUT2D eigenvalue weighted by molar-refractivity contribution is 5.70. The van der Waals surface area contributed by atoms with Crippen molar-refractivity contribution in [1.29, 1.82) is 0 Å². The molecule has 136 valence electrons. The standard InChI is InChI=1S/C24H35N/c1-6-11-25-12-9-20(10-13-25)22-8-7-18(2)15-23(22)21-14-19(3)16-24(4,5)17-21/h7-9,15,21H,3,6,10-14,16-17H2,1-2,4-5H3. The monoisotopic (exact) mass is 337 g/mol. The van der Waals surface area contributed by atoms with E-state index >= 15 is 0 Å². The summed E-state index contributed by atoms with van der Waals surface area (Å²) in [6.07, 6.45) is 8.54. The Bertz CT molecular complexity index is 665. The van der Waals surface area contributed by atoms with Gasteiger partial charge in [0.1, 0.15) is 0 Å². The van der Waals surface area contributed by atoms with Gasteiger partial charge in [-0.15, -0.1) is 0 Å². The molecule has 2 aliphatic rings. The van der Waals surface area contributed by atoms with Gasteiger partial charge in [-0.1, -0.05) is 62.8 Å². The van der Waals surface area contributed by atoms with Crippen LogP contribution >= 0.6 is 0 Å². The molecule has 1 unspecified atom stereocenters. The first-order chi connectivity index (χ1) is 11.9. The molecule has 0 aromatic heterocycles. The van der Waals surface area contributed by atoms with Gasteiger partial charge in [0.05, 0.1) is 0 Å². The van der Waals surface area contributed by atoms with Crippen molar-refractivity contribution in [2.45, 2.75) is 65.7 Å². The van der Waals surface area contributed by atoms with Crippen LogP contribution < -0.4 is 0 Å². The molecule has 1 nitrogen and oxygen atoms in total. The highest BCUT2D eigenvalue weighted by atomic mass is 15.1. The molecule has 1 aliphatic carbocycles. The van der Waals surface area contributed by atoms with Crippen LogP contribution in [-0.4, -0.2) is 24.5 Å². The first-order valence-corrected chi connectivity index (χ1v) is 10.1. The molecule has 1 heterocycles. The van der Waals surface area contributed by atoms with E-state index in [0.29, 0.717) is 11.3 Å². The second kappa shape index (κ2) is 7.50. The van der Waals surface area contributed by atoms with E-state index in [9.17, 15) is 0 Å². The molecule has 1 aromatic rings. The number of nitrogens with zero attached hydrogens (tertiary/aromatic N) is 1. The second-order valence-corrected chi connectivity index (χ2v) is 9.07. The third-order valence-corrected chi connectivity index (χ3v) is 5.89. The third-order valence-electron chi connectivity index (χ3n) is 5.89. The summed E-state index contributed by atoms with van der Waals surface area (Å²) in [6.45, 7) is 17.2. The zero-order valence-corrected chi connectivity index (χ0v) is 16.7. The summed E-state index contributed by atoms with van der Waals surface area (Å²) in [6, 6.07) is 7.13. The molecule has 1 heteroatoms. The minimum atomic E-state index is 0.375. The van der Waals surface area contributed by atoms with E-state index in [2.05, 4.69) is 63.4 Å². The van der Waals surface area contributed by atoms with Crippen LogP contribution in [0.5, 0.6) is 0 Å². The fraction of sp³-hybridized carbons (Fsp3) is 0.583. The molecule has 1 saturated carbocycles. The average Bonchev–Trinajstić information content (AvgIpc) is 2.54. The molecule has 0 saturated heterocycles. The Kier molecular flexibility index (Phi) is 5.53. The van der Waals surface area contributed by atoms with Crippen molar-refractivity contribution < 1.29 is 0 Å². The largest absolute Gasteiger partial charge is 0.299 e. The van der Waals surface area contributed by atoms with Crippen LogP contribution in [0.25, 0.3) is 5.57 Å². The summed E-state index contributed by atoms with van der Waals surface area (Å²) in [7, 11) is 0. The van der Waals surface area contributed by atoms with Gasteiger partial charge in [0.2, 0.25) is 0 Å². The van der Waals surface area contributed by atoms with E-state index in [0.717, 1.165) is 13.0 Å². The topological polar surface area (TPSA) is 3.24 Å². The molecule has 1 aliphatic heterocycles. The molecule has 3 rings (SSSR count). The van der Waals surface area contributed by atoms with Gasteiger partial charge in [-0.3, -0.25) is 4.90 Å². The molecule has 0 amide bonds. The lowest BCUT2D eigenvalue weighted by Gasteiger charge is -2.38. The highest BCUT2D eigenvalue weighted by Gasteiger charge is 2.32. The fourth-order valence-electron chi connectivity index (χ4n) is 4.92. The minimum Gasteiger partial charge on any atom is -0.299 e. The Labute approximate surface area is 154 Å². The van der Waals surface area contributed by atoms with Gasteiger partial charge in [-0.2, -0.15) is 0 Å². The van der Waals surface area contributed by atoms with Crippen LogP contribution in [-0.2, 0) is 0 Å². The van der Waals surface area contributed by atoms with Gasteiger partial charge in [0.15, 0.2) is 0 Å². The van der Waals surface area contributed by atoms with E-state index in [1.165, 1.54) is 55.5 Å². The van der Waals surface area contributed by atoms with Gasteiger partial charge < -0.3 is 0 Å². The molecule has 0 bridgehead atoms. The Balaban J connectivity index is 1.90. The SMILES string of the molecule is C=C1CC(c2cc(C)ccc2C2=CCN(CCC)CC2)CC(C)(C)C1. The fourth-order valence-corrected chi connectivity index (χ4v) is 4.92. The lowest BCUT2D eigenvalue weighted by Crippen LogP contribution is -2.29. The first-order valence-electron chi connectivity index (χ1n) is 10.1. The zero-order chi connectivity index (χ0) is 18.0. The normalized spacial score (nSPS) is 24.2. The van der Waals surface area contributed by atoms with Crippen LogP contribution in [0.15, 0.2) is 36.4 Å². The second-order valence-electron chi connectivity index (χ2n) is 9.07. The Morgan fingerprint density at radius 2 is 2.08 bits per heavy atom. The highest BCUT2D eigenvalue weighted by Crippen LogP contribution is 2.47. The molecule has 0 spiro atoms. The van der Waals surface area contributed by atoms with Crippen molar-refractivity contribution >= 4 is 5.57 Å². The predicted octanol–water partition coefficient (Wildman–Crippen LogP) is 6.34. The van der Waals surface area contributed by atoms with E-state index in [1.807, 2.05) is 0 Å². The van der Waals surface area contributed by atoms with E-state index in [1.54, 1.807) is 11.1 Å².